The Morgan fingerprint density at radius 1 is 1.31 bits per heavy atom. The predicted octanol–water partition coefficient (Wildman–Crippen LogP) is 1.81. The van der Waals surface area contributed by atoms with Gasteiger partial charge in [0, 0.05) is 31.4 Å². The van der Waals surface area contributed by atoms with Crippen LogP contribution in [0.5, 0.6) is 0 Å². The normalized spacial score (nSPS) is 17.2. The number of rotatable bonds is 5. The molecule has 2 aromatic rings. The Morgan fingerprint density at radius 2 is 2.08 bits per heavy atom. The first-order valence-corrected chi connectivity index (χ1v) is 9.56. The molecule has 1 N–H and O–H groups in total. The molecule has 0 saturated carbocycles. The summed E-state index contributed by atoms with van der Waals surface area (Å²) in [4.78, 5) is 26.5. The molecular weight excluding hydrogens is 352 g/mol. The van der Waals surface area contributed by atoms with Crippen molar-refractivity contribution < 1.29 is 9.59 Å². The Balaban J connectivity index is 1.53. The molecule has 2 heterocycles. The number of anilines is 1. The minimum atomic E-state index is -0.151. The quantitative estimate of drug-likeness (QED) is 0.803. The van der Waals surface area contributed by atoms with Crippen LogP contribution in [0.15, 0.2) is 29.4 Å². The number of hydrogen-bond donors (Lipinski definition) is 1. The predicted molar refractivity (Wildman–Crippen MR) is 98.9 cm³/mol. The number of likely N-dealkylation sites (tertiary alicyclic amines) is 1. The first-order valence-electron chi connectivity index (χ1n) is 8.57. The van der Waals surface area contributed by atoms with E-state index >= 15 is 0 Å². The van der Waals surface area contributed by atoms with Gasteiger partial charge < -0.3 is 10.2 Å². The van der Waals surface area contributed by atoms with Gasteiger partial charge in [0.1, 0.15) is 0 Å². The van der Waals surface area contributed by atoms with Crippen molar-refractivity contribution >= 4 is 29.3 Å². The smallest absolute Gasteiger partial charge is 0.253 e. The number of amides is 2. The molecule has 2 amide bonds. The highest BCUT2D eigenvalue weighted by atomic mass is 32.2. The van der Waals surface area contributed by atoms with Crippen molar-refractivity contribution in [3.63, 3.8) is 0 Å². The van der Waals surface area contributed by atoms with Crippen molar-refractivity contribution in [3.8, 4) is 0 Å². The molecule has 138 valence electrons. The number of piperidine rings is 1. The van der Waals surface area contributed by atoms with Crippen LogP contribution in [0.4, 0.5) is 5.69 Å². The topological polar surface area (TPSA) is 93.0 Å². The molecule has 0 bridgehead atoms. The molecule has 0 aliphatic carbocycles. The molecule has 3 rings (SSSR count). The molecule has 0 unspecified atom stereocenters. The van der Waals surface area contributed by atoms with Crippen LogP contribution in [0.1, 0.15) is 30.1 Å². The fraction of sp³-hybridized carbons (Fsp3) is 0.471. The maximum absolute atomic E-state index is 12.6. The van der Waals surface area contributed by atoms with E-state index in [-0.39, 0.29) is 17.6 Å². The lowest BCUT2D eigenvalue weighted by Crippen LogP contribution is -2.39. The number of nitrogens with zero attached hydrogens (tertiary/aromatic N) is 5. The van der Waals surface area contributed by atoms with E-state index in [4.69, 9.17) is 0 Å². The van der Waals surface area contributed by atoms with E-state index in [0.29, 0.717) is 22.3 Å². The van der Waals surface area contributed by atoms with Gasteiger partial charge in [-0.2, -0.15) is 0 Å². The van der Waals surface area contributed by atoms with Crippen LogP contribution in [-0.2, 0) is 11.8 Å². The summed E-state index contributed by atoms with van der Waals surface area (Å²) in [5, 5.41) is 14.5. The van der Waals surface area contributed by atoms with E-state index in [0.717, 1.165) is 19.5 Å². The number of carbonyl (C=O) groups is 2. The van der Waals surface area contributed by atoms with Gasteiger partial charge in [0.05, 0.1) is 5.75 Å². The van der Waals surface area contributed by atoms with Crippen LogP contribution in [0.3, 0.4) is 0 Å². The lowest BCUT2D eigenvalue weighted by Gasteiger charge is -2.31. The number of benzene rings is 1. The molecule has 1 fully saturated rings. The van der Waals surface area contributed by atoms with Crippen LogP contribution in [0.25, 0.3) is 0 Å². The summed E-state index contributed by atoms with van der Waals surface area (Å²) in [6.45, 7) is 3.80. The number of nitrogens with one attached hydrogen (secondary N) is 1. The zero-order chi connectivity index (χ0) is 18.5. The Kier molecular flexibility index (Phi) is 5.87. The molecule has 1 saturated heterocycles. The summed E-state index contributed by atoms with van der Waals surface area (Å²) in [7, 11) is 1.72. The minimum Gasteiger partial charge on any atom is -0.338 e. The molecule has 1 aromatic carbocycles. The summed E-state index contributed by atoms with van der Waals surface area (Å²) in [6, 6.07) is 7.04. The van der Waals surface area contributed by atoms with E-state index in [2.05, 4.69) is 27.8 Å². The second kappa shape index (κ2) is 8.31. The van der Waals surface area contributed by atoms with E-state index in [1.54, 1.807) is 31.3 Å². The monoisotopic (exact) mass is 374 g/mol. The zero-order valence-electron chi connectivity index (χ0n) is 14.9. The van der Waals surface area contributed by atoms with Crippen molar-refractivity contribution in [2.45, 2.75) is 24.9 Å². The maximum Gasteiger partial charge on any atom is 0.253 e. The van der Waals surface area contributed by atoms with Crippen molar-refractivity contribution in [1.82, 2.24) is 25.1 Å². The molecule has 1 aromatic heterocycles. The summed E-state index contributed by atoms with van der Waals surface area (Å²) in [6.07, 6.45) is 2.23. The number of carbonyl (C=O) groups excluding carboxylic acids is 2. The first-order chi connectivity index (χ1) is 12.5. The summed E-state index contributed by atoms with van der Waals surface area (Å²) < 4.78 is 1.51. The van der Waals surface area contributed by atoms with E-state index in [1.165, 1.54) is 22.9 Å². The van der Waals surface area contributed by atoms with E-state index in [1.807, 2.05) is 4.90 Å². The largest absolute Gasteiger partial charge is 0.338 e. The second-order valence-electron chi connectivity index (χ2n) is 6.50. The van der Waals surface area contributed by atoms with Crippen molar-refractivity contribution in [3.05, 3.63) is 29.8 Å². The highest BCUT2D eigenvalue weighted by Crippen LogP contribution is 2.19. The number of tetrazole rings is 1. The Labute approximate surface area is 156 Å². The van der Waals surface area contributed by atoms with Gasteiger partial charge in [-0.3, -0.25) is 9.59 Å². The van der Waals surface area contributed by atoms with Gasteiger partial charge in [-0.25, -0.2) is 4.68 Å². The van der Waals surface area contributed by atoms with Gasteiger partial charge in [0.2, 0.25) is 11.1 Å². The Hall–Kier alpha value is -2.42. The molecule has 1 aliphatic rings. The van der Waals surface area contributed by atoms with E-state index < -0.39 is 0 Å². The summed E-state index contributed by atoms with van der Waals surface area (Å²) >= 11 is 1.26. The molecule has 8 nitrogen and oxygen atoms in total. The van der Waals surface area contributed by atoms with E-state index in [9.17, 15) is 9.59 Å². The third-order valence-electron chi connectivity index (χ3n) is 4.27. The lowest BCUT2D eigenvalue weighted by molar-refractivity contribution is -0.113. The molecule has 0 radical (unpaired) electrons. The second-order valence-corrected chi connectivity index (χ2v) is 7.44. The van der Waals surface area contributed by atoms with Crippen LogP contribution in [-0.4, -0.2) is 55.8 Å². The molecular formula is C17H22N6O2S. The number of aromatic nitrogens is 4. The Morgan fingerprint density at radius 3 is 2.73 bits per heavy atom. The Bertz CT molecular complexity index is 776. The van der Waals surface area contributed by atoms with Crippen LogP contribution < -0.4 is 5.32 Å². The van der Waals surface area contributed by atoms with Crippen molar-refractivity contribution in [2.75, 3.05) is 24.2 Å². The standard InChI is InChI=1S/C17H22N6O2S/c1-12-4-3-9-23(10-12)16(25)13-5-7-14(8-6-13)18-15(24)11-26-17-19-20-21-22(17)2/h5-8,12H,3-4,9-11H2,1-2H3,(H,18,24)/t12-/m1/s1. The molecule has 9 heteroatoms. The van der Waals surface area contributed by atoms with Gasteiger partial charge in [-0.05, 0) is 53.5 Å². The average Bonchev–Trinajstić information content (AvgIpc) is 3.05. The fourth-order valence-electron chi connectivity index (χ4n) is 2.92. The number of hydrogen-bond acceptors (Lipinski definition) is 6. The van der Waals surface area contributed by atoms with Crippen molar-refractivity contribution in [2.24, 2.45) is 13.0 Å². The van der Waals surface area contributed by atoms with Gasteiger partial charge in [-0.15, -0.1) is 5.10 Å². The molecule has 26 heavy (non-hydrogen) atoms. The lowest BCUT2D eigenvalue weighted by atomic mass is 9.99. The fourth-order valence-corrected chi connectivity index (χ4v) is 3.57. The van der Waals surface area contributed by atoms with Gasteiger partial charge in [0.15, 0.2) is 0 Å². The number of thioether (sulfide) groups is 1. The minimum absolute atomic E-state index is 0.0553. The molecule has 1 atom stereocenters. The van der Waals surface area contributed by atoms with Gasteiger partial charge in [-0.1, -0.05) is 18.7 Å². The highest BCUT2D eigenvalue weighted by molar-refractivity contribution is 7.99. The SMILES string of the molecule is C[C@@H]1CCCN(C(=O)c2ccc(NC(=O)CSc3nnnn3C)cc2)C1. The third-order valence-corrected chi connectivity index (χ3v) is 5.28. The summed E-state index contributed by atoms with van der Waals surface area (Å²) in [5.41, 5.74) is 1.31. The number of aryl methyl sites for hydroxylation is 1. The highest BCUT2D eigenvalue weighted by Gasteiger charge is 2.21. The molecule has 0 spiro atoms. The molecule has 1 aliphatic heterocycles. The van der Waals surface area contributed by atoms with Crippen LogP contribution >= 0.6 is 11.8 Å². The van der Waals surface area contributed by atoms with Crippen LogP contribution in [0.2, 0.25) is 0 Å². The van der Waals surface area contributed by atoms with Crippen molar-refractivity contribution in [1.29, 1.82) is 0 Å². The first kappa shape index (κ1) is 18.4. The average molecular weight is 374 g/mol. The van der Waals surface area contributed by atoms with Gasteiger partial charge in [0.25, 0.3) is 5.91 Å². The van der Waals surface area contributed by atoms with Gasteiger partial charge >= 0.3 is 0 Å². The maximum atomic E-state index is 12.6. The third kappa shape index (κ3) is 4.60. The van der Waals surface area contributed by atoms with Crippen LogP contribution in [0, 0.1) is 5.92 Å². The summed E-state index contributed by atoms with van der Waals surface area (Å²) in [5.74, 6) is 0.662. The zero-order valence-corrected chi connectivity index (χ0v) is 15.7.